The molecule has 78 valence electrons. The van der Waals surface area contributed by atoms with Gasteiger partial charge in [0, 0.05) is 12.6 Å². The molecule has 1 heterocycles. The molecule has 1 atom stereocenters. The highest BCUT2D eigenvalue weighted by Crippen LogP contribution is 2.15. The van der Waals surface area contributed by atoms with Crippen molar-refractivity contribution in [2.75, 3.05) is 6.54 Å². The summed E-state index contributed by atoms with van der Waals surface area (Å²) in [6.45, 7) is 7.78. The summed E-state index contributed by atoms with van der Waals surface area (Å²) in [6.07, 6.45) is 1.95. The average molecular weight is 196 g/mol. The molecule has 0 aromatic rings. The highest BCUT2D eigenvalue weighted by molar-refractivity contribution is 6.05. The van der Waals surface area contributed by atoms with E-state index in [1.807, 2.05) is 13.8 Å². The molecule has 0 aromatic heterocycles. The highest BCUT2D eigenvalue weighted by atomic mass is 16.2. The molecule has 1 aliphatic rings. The molecule has 1 saturated heterocycles. The largest absolute Gasteiger partial charge is 0.302 e. The van der Waals surface area contributed by atoms with E-state index in [0.717, 1.165) is 0 Å². The third kappa shape index (κ3) is 2.01. The number of nitrogens with one attached hydrogen (secondary N) is 1. The maximum Gasteiger partial charge on any atom is 0.247 e. The first kappa shape index (κ1) is 10.9. The van der Waals surface area contributed by atoms with Crippen molar-refractivity contribution in [3.8, 4) is 0 Å². The Kier molecular flexibility index (Phi) is 3.41. The second-order valence-electron chi connectivity index (χ2n) is 3.65. The third-order valence-corrected chi connectivity index (χ3v) is 2.21. The van der Waals surface area contributed by atoms with Gasteiger partial charge in [0.1, 0.15) is 0 Å². The number of hydrogen-bond acceptors (Lipinski definition) is 3. The Labute approximate surface area is 84.0 Å². The summed E-state index contributed by atoms with van der Waals surface area (Å²) in [7, 11) is 0. The van der Waals surface area contributed by atoms with Crippen LogP contribution in [0.5, 0.6) is 0 Å². The van der Waals surface area contributed by atoms with E-state index in [4.69, 9.17) is 0 Å². The number of likely N-dealkylation sites (tertiary alicyclic amines) is 1. The SMILES string of the molecule is C=CCNC1CC(=O)N(C(C)C)C1=O. The highest BCUT2D eigenvalue weighted by Gasteiger charge is 2.39. The van der Waals surface area contributed by atoms with Gasteiger partial charge in [-0.3, -0.25) is 14.5 Å². The minimum absolute atomic E-state index is 0.0504. The van der Waals surface area contributed by atoms with Crippen LogP contribution in [0.1, 0.15) is 20.3 Å². The van der Waals surface area contributed by atoms with Crippen molar-refractivity contribution >= 4 is 11.8 Å². The fourth-order valence-corrected chi connectivity index (χ4v) is 1.58. The van der Waals surface area contributed by atoms with Gasteiger partial charge in [0.2, 0.25) is 11.8 Å². The predicted octanol–water partition coefficient (Wildman–Crippen LogP) is 0.298. The molecule has 0 radical (unpaired) electrons. The summed E-state index contributed by atoms with van der Waals surface area (Å²) >= 11 is 0. The molecular weight excluding hydrogens is 180 g/mol. The lowest BCUT2D eigenvalue weighted by atomic mass is 10.2. The number of amides is 2. The minimum atomic E-state index is -0.358. The summed E-state index contributed by atoms with van der Waals surface area (Å²) in [5.41, 5.74) is 0. The molecule has 14 heavy (non-hydrogen) atoms. The molecular formula is C10H16N2O2. The molecule has 0 aromatic carbocycles. The second kappa shape index (κ2) is 4.37. The first-order valence-electron chi connectivity index (χ1n) is 4.78. The van der Waals surface area contributed by atoms with E-state index in [9.17, 15) is 9.59 Å². The number of imide groups is 1. The van der Waals surface area contributed by atoms with Gasteiger partial charge in [0.05, 0.1) is 12.5 Å². The Morgan fingerprint density at radius 2 is 2.29 bits per heavy atom. The van der Waals surface area contributed by atoms with Gasteiger partial charge in [-0.2, -0.15) is 0 Å². The molecule has 2 amide bonds. The number of rotatable bonds is 4. The number of carbonyl (C=O) groups excluding carboxylic acids is 2. The second-order valence-corrected chi connectivity index (χ2v) is 3.65. The van der Waals surface area contributed by atoms with Crippen molar-refractivity contribution in [1.29, 1.82) is 0 Å². The van der Waals surface area contributed by atoms with Crippen molar-refractivity contribution in [2.45, 2.75) is 32.4 Å². The molecule has 4 heteroatoms. The molecule has 0 aliphatic carbocycles. The zero-order valence-corrected chi connectivity index (χ0v) is 8.62. The molecule has 0 spiro atoms. The van der Waals surface area contributed by atoms with Gasteiger partial charge in [-0.25, -0.2) is 0 Å². The first-order chi connectivity index (χ1) is 6.57. The summed E-state index contributed by atoms with van der Waals surface area (Å²) in [6, 6.07) is -0.409. The van der Waals surface area contributed by atoms with Crippen LogP contribution in [0.2, 0.25) is 0 Å². The Balaban J connectivity index is 2.64. The predicted molar refractivity (Wildman–Crippen MR) is 53.6 cm³/mol. The van der Waals surface area contributed by atoms with Crippen LogP contribution in [-0.4, -0.2) is 35.3 Å². The Morgan fingerprint density at radius 1 is 1.64 bits per heavy atom. The van der Waals surface area contributed by atoms with Crippen LogP contribution in [-0.2, 0) is 9.59 Å². The van der Waals surface area contributed by atoms with E-state index in [1.54, 1.807) is 6.08 Å². The van der Waals surface area contributed by atoms with Crippen molar-refractivity contribution in [3.05, 3.63) is 12.7 Å². The van der Waals surface area contributed by atoms with Gasteiger partial charge in [-0.1, -0.05) is 6.08 Å². The maximum atomic E-state index is 11.7. The average Bonchev–Trinajstić information content (AvgIpc) is 2.38. The van der Waals surface area contributed by atoms with Crippen molar-refractivity contribution in [2.24, 2.45) is 0 Å². The summed E-state index contributed by atoms with van der Waals surface area (Å²) in [4.78, 5) is 24.4. The van der Waals surface area contributed by atoms with Crippen LogP contribution in [0, 0.1) is 0 Å². The van der Waals surface area contributed by atoms with Crippen molar-refractivity contribution in [1.82, 2.24) is 10.2 Å². The molecule has 1 rings (SSSR count). The van der Waals surface area contributed by atoms with Crippen LogP contribution in [0.25, 0.3) is 0 Å². The first-order valence-corrected chi connectivity index (χ1v) is 4.78. The normalized spacial score (nSPS) is 22.2. The molecule has 1 aliphatic heterocycles. The van der Waals surface area contributed by atoms with Gasteiger partial charge >= 0.3 is 0 Å². The standard InChI is InChI=1S/C10H16N2O2/c1-4-5-11-8-6-9(13)12(7(2)3)10(8)14/h4,7-8,11H,1,5-6H2,2-3H3. The van der Waals surface area contributed by atoms with Gasteiger partial charge in [-0.05, 0) is 13.8 Å². The monoisotopic (exact) mass is 196 g/mol. The minimum Gasteiger partial charge on any atom is -0.302 e. The van der Waals surface area contributed by atoms with Crippen LogP contribution in [0.3, 0.4) is 0 Å². The van der Waals surface area contributed by atoms with E-state index in [2.05, 4.69) is 11.9 Å². The van der Waals surface area contributed by atoms with Gasteiger partial charge in [-0.15, -0.1) is 6.58 Å². The molecule has 0 bridgehead atoms. The zero-order chi connectivity index (χ0) is 10.7. The number of hydrogen-bond donors (Lipinski definition) is 1. The zero-order valence-electron chi connectivity index (χ0n) is 8.62. The van der Waals surface area contributed by atoms with Crippen LogP contribution < -0.4 is 5.32 Å². The fraction of sp³-hybridized carbons (Fsp3) is 0.600. The number of carbonyl (C=O) groups is 2. The molecule has 1 unspecified atom stereocenters. The molecule has 1 N–H and O–H groups in total. The Bertz CT molecular complexity index is 261. The van der Waals surface area contributed by atoms with Crippen molar-refractivity contribution in [3.63, 3.8) is 0 Å². The molecule has 0 saturated carbocycles. The number of nitrogens with zero attached hydrogens (tertiary/aromatic N) is 1. The topological polar surface area (TPSA) is 49.4 Å². The van der Waals surface area contributed by atoms with E-state index in [1.165, 1.54) is 4.90 Å². The van der Waals surface area contributed by atoms with Crippen molar-refractivity contribution < 1.29 is 9.59 Å². The van der Waals surface area contributed by atoms with E-state index < -0.39 is 0 Å². The Hall–Kier alpha value is -1.16. The fourth-order valence-electron chi connectivity index (χ4n) is 1.58. The summed E-state index contributed by atoms with van der Waals surface area (Å²) in [5, 5.41) is 2.97. The molecule has 1 fully saturated rings. The quantitative estimate of drug-likeness (QED) is 0.519. The van der Waals surface area contributed by atoms with Crippen LogP contribution in [0.15, 0.2) is 12.7 Å². The molecule has 4 nitrogen and oxygen atoms in total. The maximum absolute atomic E-state index is 11.7. The lowest BCUT2D eigenvalue weighted by Crippen LogP contribution is -2.41. The van der Waals surface area contributed by atoms with Gasteiger partial charge < -0.3 is 5.32 Å². The van der Waals surface area contributed by atoms with Crippen LogP contribution >= 0.6 is 0 Å². The summed E-state index contributed by atoms with van der Waals surface area (Å²) < 4.78 is 0. The lowest BCUT2D eigenvalue weighted by Gasteiger charge is -2.18. The van der Waals surface area contributed by atoms with E-state index >= 15 is 0 Å². The lowest BCUT2D eigenvalue weighted by molar-refractivity contribution is -0.140. The van der Waals surface area contributed by atoms with Gasteiger partial charge in [0.15, 0.2) is 0 Å². The summed E-state index contributed by atoms with van der Waals surface area (Å²) in [5.74, 6) is -0.210. The Morgan fingerprint density at radius 3 is 2.71 bits per heavy atom. The van der Waals surface area contributed by atoms with Gasteiger partial charge in [0.25, 0.3) is 0 Å². The smallest absolute Gasteiger partial charge is 0.247 e. The third-order valence-electron chi connectivity index (χ3n) is 2.21. The van der Waals surface area contributed by atoms with E-state index in [0.29, 0.717) is 6.54 Å². The van der Waals surface area contributed by atoms with E-state index in [-0.39, 0.29) is 30.3 Å². The van der Waals surface area contributed by atoms with Crippen LogP contribution in [0.4, 0.5) is 0 Å².